The van der Waals surface area contributed by atoms with Crippen LogP contribution in [0.15, 0.2) is 52.4 Å². The second-order valence-electron chi connectivity index (χ2n) is 7.19. The number of aryl methyl sites for hydroxylation is 1. The summed E-state index contributed by atoms with van der Waals surface area (Å²) in [6, 6.07) is 13.8. The summed E-state index contributed by atoms with van der Waals surface area (Å²) in [7, 11) is 1.75. The van der Waals surface area contributed by atoms with Crippen molar-refractivity contribution in [1.29, 1.82) is 0 Å². The van der Waals surface area contributed by atoms with Gasteiger partial charge in [-0.15, -0.1) is 0 Å². The smallest absolute Gasteiger partial charge is 0.266 e. The molecule has 0 bridgehead atoms. The largest absolute Gasteiger partial charge is 0.490 e. The Morgan fingerprint density at radius 1 is 1.10 bits per heavy atom. The van der Waals surface area contributed by atoms with E-state index < -0.39 is 0 Å². The van der Waals surface area contributed by atoms with Crippen LogP contribution in [0.3, 0.4) is 0 Å². The molecule has 0 N–H and O–H groups in total. The molecule has 6 heteroatoms. The van der Waals surface area contributed by atoms with Crippen LogP contribution in [0.25, 0.3) is 6.08 Å². The highest BCUT2D eigenvalue weighted by atomic mass is 32.2. The van der Waals surface area contributed by atoms with Crippen LogP contribution in [0, 0.1) is 0 Å². The van der Waals surface area contributed by atoms with E-state index in [-0.39, 0.29) is 12.0 Å². The fourth-order valence-electron chi connectivity index (χ4n) is 2.95. The first-order valence-corrected chi connectivity index (χ1v) is 11.0. The number of hydrogen-bond donors (Lipinski definition) is 0. The Hall–Kier alpha value is -2.73. The van der Waals surface area contributed by atoms with Gasteiger partial charge in [-0.25, -0.2) is 4.99 Å². The molecule has 1 amide bonds. The van der Waals surface area contributed by atoms with Gasteiger partial charge in [-0.05, 0) is 80.4 Å². The van der Waals surface area contributed by atoms with Gasteiger partial charge in [0.15, 0.2) is 16.7 Å². The molecule has 1 fully saturated rings. The third-order valence-electron chi connectivity index (χ3n) is 4.50. The minimum atomic E-state index is -0.0654. The highest BCUT2D eigenvalue weighted by Gasteiger charge is 2.30. The number of amidine groups is 1. The van der Waals surface area contributed by atoms with Gasteiger partial charge in [-0.2, -0.15) is 0 Å². The van der Waals surface area contributed by atoms with E-state index >= 15 is 0 Å². The van der Waals surface area contributed by atoms with Crippen molar-refractivity contribution in [2.75, 3.05) is 13.7 Å². The first kappa shape index (κ1) is 22.0. The number of likely N-dealkylation sites (N-methyl/N-ethyl adjacent to an activating group) is 1. The van der Waals surface area contributed by atoms with Gasteiger partial charge in [0, 0.05) is 7.05 Å². The zero-order valence-electron chi connectivity index (χ0n) is 18.1. The lowest BCUT2D eigenvalue weighted by Gasteiger charge is -2.15. The van der Waals surface area contributed by atoms with Gasteiger partial charge in [0.25, 0.3) is 5.91 Å². The summed E-state index contributed by atoms with van der Waals surface area (Å²) in [5, 5.41) is 0.667. The van der Waals surface area contributed by atoms with E-state index in [0.29, 0.717) is 28.2 Å². The first-order valence-electron chi connectivity index (χ1n) is 10.2. The molecule has 2 aromatic carbocycles. The average molecular weight is 425 g/mol. The van der Waals surface area contributed by atoms with Gasteiger partial charge in [-0.1, -0.05) is 25.1 Å². The number of nitrogens with zero attached hydrogens (tertiary/aromatic N) is 2. The standard InChI is InChI=1S/C24H28N2O3S/c1-6-17-8-11-19(12-9-17)25-24-26(5)23(27)22(30-24)15-18-10-13-20(29-16(3)4)21(14-18)28-7-2/h8-16H,6-7H2,1-5H3/b22-15+,25-24?. The van der Waals surface area contributed by atoms with Crippen molar-refractivity contribution in [1.82, 2.24) is 4.90 Å². The lowest BCUT2D eigenvalue weighted by Crippen LogP contribution is -2.23. The van der Waals surface area contributed by atoms with Crippen LogP contribution in [0.2, 0.25) is 0 Å². The summed E-state index contributed by atoms with van der Waals surface area (Å²) in [4.78, 5) is 19.6. The normalized spacial score (nSPS) is 16.7. The molecule has 30 heavy (non-hydrogen) atoms. The molecule has 1 aliphatic rings. The van der Waals surface area contributed by atoms with Crippen LogP contribution < -0.4 is 9.47 Å². The van der Waals surface area contributed by atoms with E-state index in [4.69, 9.17) is 9.47 Å². The third kappa shape index (κ3) is 5.25. The number of thioether (sulfide) groups is 1. The second kappa shape index (κ2) is 9.85. The highest BCUT2D eigenvalue weighted by molar-refractivity contribution is 8.18. The predicted molar refractivity (Wildman–Crippen MR) is 125 cm³/mol. The molecule has 2 aromatic rings. The van der Waals surface area contributed by atoms with Crippen LogP contribution in [-0.4, -0.2) is 35.7 Å². The van der Waals surface area contributed by atoms with Gasteiger partial charge in [0.1, 0.15) is 0 Å². The maximum absolute atomic E-state index is 12.7. The maximum atomic E-state index is 12.7. The molecule has 0 atom stereocenters. The predicted octanol–water partition coefficient (Wildman–Crippen LogP) is 5.67. The number of carbonyl (C=O) groups excluding carboxylic acids is 1. The molecule has 5 nitrogen and oxygen atoms in total. The van der Waals surface area contributed by atoms with Crippen LogP contribution in [-0.2, 0) is 11.2 Å². The van der Waals surface area contributed by atoms with Crippen molar-refractivity contribution < 1.29 is 14.3 Å². The lowest BCUT2D eigenvalue weighted by molar-refractivity contribution is -0.121. The van der Waals surface area contributed by atoms with Crippen molar-refractivity contribution in [2.45, 2.75) is 40.2 Å². The molecule has 1 saturated heterocycles. The van der Waals surface area contributed by atoms with Gasteiger partial charge < -0.3 is 9.47 Å². The van der Waals surface area contributed by atoms with Crippen molar-refractivity contribution >= 4 is 34.6 Å². The van der Waals surface area contributed by atoms with E-state index in [1.165, 1.54) is 17.3 Å². The lowest BCUT2D eigenvalue weighted by atomic mass is 10.1. The number of benzene rings is 2. The highest BCUT2D eigenvalue weighted by Crippen LogP contribution is 2.35. The molecule has 0 aromatic heterocycles. The molecule has 0 radical (unpaired) electrons. The Labute approximate surface area is 182 Å². The summed E-state index contributed by atoms with van der Waals surface area (Å²) in [6.45, 7) is 8.55. The molecular formula is C24H28N2O3S. The van der Waals surface area contributed by atoms with Gasteiger partial charge in [-0.3, -0.25) is 9.69 Å². The molecule has 158 valence electrons. The molecular weight excluding hydrogens is 396 g/mol. The fraction of sp³-hybridized carbons (Fsp3) is 0.333. The first-order chi connectivity index (χ1) is 14.4. The molecule has 0 saturated carbocycles. The van der Waals surface area contributed by atoms with Crippen LogP contribution in [0.5, 0.6) is 11.5 Å². The van der Waals surface area contributed by atoms with Crippen LogP contribution in [0.4, 0.5) is 5.69 Å². The molecule has 1 aliphatic heterocycles. The molecule has 1 heterocycles. The van der Waals surface area contributed by atoms with Crippen molar-refractivity contribution in [3.63, 3.8) is 0 Å². The van der Waals surface area contributed by atoms with Gasteiger partial charge in [0.05, 0.1) is 23.3 Å². The van der Waals surface area contributed by atoms with Crippen LogP contribution in [0.1, 0.15) is 38.8 Å². The number of rotatable bonds is 7. The fourth-order valence-corrected chi connectivity index (χ4v) is 3.94. The minimum Gasteiger partial charge on any atom is -0.490 e. The van der Waals surface area contributed by atoms with E-state index in [9.17, 15) is 4.79 Å². The Kier molecular flexibility index (Phi) is 7.21. The molecule has 0 aliphatic carbocycles. The molecule has 0 spiro atoms. The zero-order valence-corrected chi connectivity index (χ0v) is 19.0. The SMILES string of the molecule is CCOc1cc(/C=C2/SC(=Nc3ccc(CC)cc3)N(C)C2=O)ccc1OC(C)C. The summed E-state index contributed by atoms with van der Waals surface area (Å²) < 4.78 is 11.5. The monoisotopic (exact) mass is 424 g/mol. The van der Waals surface area contributed by atoms with E-state index in [1.807, 2.05) is 57.2 Å². The number of carbonyl (C=O) groups is 1. The van der Waals surface area contributed by atoms with Crippen molar-refractivity contribution in [3.8, 4) is 11.5 Å². The second-order valence-corrected chi connectivity index (χ2v) is 8.20. The summed E-state index contributed by atoms with van der Waals surface area (Å²) in [5.74, 6) is 1.31. The third-order valence-corrected chi connectivity index (χ3v) is 5.56. The minimum absolute atomic E-state index is 0.0548. The van der Waals surface area contributed by atoms with Crippen molar-refractivity contribution in [3.05, 3.63) is 58.5 Å². The quantitative estimate of drug-likeness (QED) is 0.538. The summed E-state index contributed by atoms with van der Waals surface area (Å²) in [6.07, 6.45) is 2.91. The van der Waals surface area contributed by atoms with E-state index in [2.05, 4.69) is 24.0 Å². The van der Waals surface area contributed by atoms with Gasteiger partial charge in [0.2, 0.25) is 0 Å². The summed E-state index contributed by atoms with van der Waals surface area (Å²) in [5.41, 5.74) is 2.98. The number of ether oxygens (including phenoxy) is 2. The van der Waals surface area contributed by atoms with Crippen molar-refractivity contribution in [2.24, 2.45) is 4.99 Å². The van der Waals surface area contributed by atoms with Crippen LogP contribution >= 0.6 is 11.8 Å². The van der Waals surface area contributed by atoms with Gasteiger partial charge >= 0.3 is 0 Å². The zero-order chi connectivity index (χ0) is 21.7. The average Bonchev–Trinajstić information content (AvgIpc) is 2.98. The molecule has 3 rings (SSSR count). The van der Waals surface area contributed by atoms with E-state index in [0.717, 1.165) is 17.7 Å². The maximum Gasteiger partial charge on any atom is 0.266 e. The molecule has 0 unspecified atom stereocenters. The Morgan fingerprint density at radius 2 is 1.83 bits per heavy atom. The topological polar surface area (TPSA) is 51.1 Å². The number of aliphatic imine (C=N–C) groups is 1. The Morgan fingerprint density at radius 3 is 2.47 bits per heavy atom. The number of hydrogen-bond acceptors (Lipinski definition) is 5. The summed E-state index contributed by atoms with van der Waals surface area (Å²) >= 11 is 1.38. The Bertz CT molecular complexity index is 965. The number of amides is 1. The van der Waals surface area contributed by atoms with E-state index in [1.54, 1.807) is 11.9 Å². The Balaban J connectivity index is 1.85.